The molecular weight excluding hydrogens is 342 g/mol. The molecule has 2 N–H and O–H groups in total. The minimum atomic E-state index is -1.07. The third kappa shape index (κ3) is 3.03. The average Bonchev–Trinajstić information content (AvgIpc) is 3.41. The van der Waals surface area contributed by atoms with Crippen molar-refractivity contribution in [3.05, 3.63) is 59.9 Å². The molecule has 1 saturated carbocycles. The highest BCUT2D eigenvalue weighted by atomic mass is 19.2. The number of para-hydroxylation sites is 1. The van der Waals surface area contributed by atoms with Gasteiger partial charge in [0.25, 0.3) is 5.91 Å². The maximum absolute atomic E-state index is 13.3. The number of furan rings is 1. The fourth-order valence-corrected chi connectivity index (χ4v) is 2.66. The molecule has 0 radical (unpaired) electrons. The number of amides is 2. The summed E-state index contributed by atoms with van der Waals surface area (Å²) in [5.41, 5.74) is 0.792. The minimum Gasteiger partial charge on any atom is -0.449 e. The van der Waals surface area contributed by atoms with Gasteiger partial charge in [0.2, 0.25) is 11.7 Å². The van der Waals surface area contributed by atoms with E-state index in [0.29, 0.717) is 11.0 Å². The zero-order chi connectivity index (χ0) is 18.3. The Balaban J connectivity index is 1.68. The highest BCUT2D eigenvalue weighted by Gasteiger charge is 2.32. The molecule has 1 aliphatic rings. The van der Waals surface area contributed by atoms with Crippen LogP contribution in [-0.2, 0) is 4.79 Å². The van der Waals surface area contributed by atoms with Gasteiger partial charge in [-0.05, 0) is 37.1 Å². The van der Waals surface area contributed by atoms with E-state index in [1.165, 1.54) is 6.07 Å². The fourth-order valence-electron chi connectivity index (χ4n) is 2.66. The largest absolute Gasteiger partial charge is 0.449 e. The first-order valence-corrected chi connectivity index (χ1v) is 8.12. The predicted octanol–water partition coefficient (Wildman–Crippen LogP) is 4.31. The number of nitrogens with one attached hydrogen (secondary N) is 2. The van der Waals surface area contributed by atoms with Gasteiger partial charge in [-0.3, -0.25) is 9.59 Å². The van der Waals surface area contributed by atoms with Crippen LogP contribution in [0.15, 0.2) is 46.9 Å². The molecule has 0 aliphatic heterocycles. The Morgan fingerprint density at radius 1 is 1.00 bits per heavy atom. The number of benzene rings is 2. The van der Waals surface area contributed by atoms with E-state index < -0.39 is 17.5 Å². The predicted molar refractivity (Wildman–Crippen MR) is 91.9 cm³/mol. The van der Waals surface area contributed by atoms with Crippen LogP contribution in [0.1, 0.15) is 23.4 Å². The van der Waals surface area contributed by atoms with Crippen molar-refractivity contribution in [1.29, 1.82) is 0 Å². The van der Waals surface area contributed by atoms with Gasteiger partial charge in [-0.15, -0.1) is 0 Å². The van der Waals surface area contributed by atoms with Crippen LogP contribution in [0.3, 0.4) is 0 Å². The molecule has 0 atom stereocenters. The van der Waals surface area contributed by atoms with Crippen molar-refractivity contribution in [1.82, 2.24) is 0 Å². The summed E-state index contributed by atoms with van der Waals surface area (Å²) < 4.78 is 32.0. The first kappa shape index (κ1) is 16.3. The molecule has 1 fully saturated rings. The van der Waals surface area contributed by atoms with Gasteiger partial charge in [-0.2, -0.15) is 0 Å². The van der Waals surface area contributed by atoms with Gasteiger partial charge >= 0.3 is 0 Å². The summed E-state index contributed by atoms with van der Waals surface area (Å²) in [5, 5.41) is 5.80. The lowest BCUT2D eigenvalue weighted by Gasteiger charge is -2.07. The standard InChI is InChI=1S/C19H14F2N2O3/c20-13-8-7-11(9-14(13)21)22-19(25)17-16(23-18(24)10-5-6-10)12-3-1-2-4-15(12)26-17/h1-4,7-10H,5-6H2,(H,22,25)(H,23,24). The summed E-state index contributed by atoms with van der Waals surface area (Å²) in [6, 6.07) is 9.95. The van der Waals surface area contributed by atoms with E-state index in [1.807, 2.05) is 0 Å². The lowest BCUT2D eigenvalue weighted by Crippen LogP contribution is -2.18. The number of fused-ring (bicyclic) bond motifs is 1. The monoisotopic (exact) mass is 356 g/mol. The molecule has 132 valence electrons. The minimum absolute atomic E-state index is 0.0502. The number of halogens is 2. The molecule has 1 aliphatic carbocycles. The van der Waals surface area contributed by atoms with Crippen molar-refractivity contribution in [2.45, 2.75) is 12.8 Å². The average molecular weight is 356 g/mol. The lowest BCUT2D eigenvalue weighted by atomic mass is 10.2. The van der Waals surface area contributed by atoms with Gasteiger partial charge in [-0.25, -0.2) is 8.78 Å². The van der Waals surface area contributed by atoms with Crippen LogP contribution in [0.5, 0.6) is 0 Å². The Morgan fingerprint density at radius 3 is 2.50 bits per heavy atom. The molecule has 26 heavy (non-hydrogen) atoms. The Labute approximate surface area is 147 Å². The normalized spacial score (nSPS) is 13.6. The number of hydrogen-bond donors (Lipinski definition) is 2. The number of hydrogen-bond acceptors (Lipinski definition) is 3. The molecular formula is C19H14F2N2O3. The Bertz CT molecular complexity index is 1020. The van der Waals surface area contributed by atoms with Crippen molar-refractivity contribution in [3.63, 3.8) is 0 Å². The van der Waals surface area contributed by atoms with Gasteiger partial charge in [0.05, 0.1) is 0 Å². The summed E-state index contributed by atoms with van der Waals surface area (Å²) in [7, 11) is 0. The van der Waals surface area contributed by atoms with E-state index in [2.05, 4.69) is 10.6 Å². The second-order valence-electron chi connectivity index (χ2n) is 6.15. The lowest BCUT2D eigenvalue weighted by molar-refractivity contribution is -0.117. The van der Waals surface area contributed by atoms with E-state index in [-0.39, 0.29) is 29.0 Å². The topological polar surface area (TPSA) is 71.3 Å². The smallest absolute Gasteiger partial charge is 0.293 e. The molecule has 7 heteroatoms. The summed E-state index contributed by atoms with van der Waals surface area (Å²) in [4.78, 5) is 24.8. The van der Waals surface area contributed by atoms with Crippen LogP contribution in [0, 0.1) is 17.6 Å². The van der Waals surface area contributed by atoms with E-state index in [9.17, 15) is 18.4 Å². The zero-order valence-corrected chi connectivity index (χ0v) is 13.5. The molecule has 2 aromatic carbocycles. The van der Waals surface area contributed by atoms with Crippen molar-refractivity contribution < 1.29 is 22.8 Å². The molecule has 0 spiro atoms. The fraction of sp³-hybridized carbons (Fsp3) is 0.158. The highest BCUT2D eigenvalue weighted by molar-refractivity contribution is 6.14. The van der Waals surface area contributed by atoms with Crippen molar-refractivity contribution in [2.24, 2.45) is 5.92 Å². The van der Waals surface area contributed by atoms with E-state index in [4.69, 9.17) is 4.42 Å². The van der Waals surface area contributed by atoms with Gasteiger partial charge in [0.15, 0.2) is 11.6 Å². The number of rotatable bonds is 4. The van der Waals surface area contributed by atoms with Crippen LogP contribution in [0.2, 0.25) is 0 Å². The molecule has 1 heterocycles. The second kappa shape index (κ2) is 6.25. The quantitative estimate of drug-likeness (QED) is 0.732. The summed E-state index contributed by atoms with van der Waals surface area (Å²) in [5.74, 6) is -3.06. The van der Waals surface area contributed by atoms with Crippen LogP contribution in [-0.4, -0.2) is 11.8 Å². The van der Waals surface area contributed by atoms with Gasteiger partial charge < -0.3 is 15.1 Å². The maximum atomic E-state index is 13.3. The molecule has 0 unspecified atom stereocenters. The summed E-state index contributed by atoms with van der Waals surface area (Å²) in [6.07, 6.45) is 1.63. The number of carbonyl (C=O) groups excluding carboxylic acids is 2. The SMILES string of the molecule is O=C(Nc1ccc(F)c(F)c1)c1oc2ccccc2c1NC(=O)C1CC1. The van der Waals surface area contributed by atoms with E-state index in [0.717, 1.165) is 25.0 Å². The van der Waals surface area contributed by atoms with E-state index >= 15 is 0 Å². The molecule has 0 saturated heterocycles. The maximum Gasteiger partial charge on any atom is 0.293 e. The Hall–Kier alpha value is -3.22. The molecule has 0 bridgehead atoms. The van der Waals surface area contributed by atoms with Gasteiger partial charge in [0, 0.05) is 23.1 Å². The first-order valence-electron chi connectivity index (χ1n) is 8.12. The van der Waals surface area contributed by atoms with Crippen LogP contribution < -0.4 is 10.6 Å². The van der Waals surface area contributed by atoms with Gasteiger partial charge in [0.1, 0.15) is 11.3 Å². The third-order valence-corrected chi connectivity index (χ3v) is 4.18. The number of carbonyl (C=O) groups is 2. The summed E-state index contributed by atoms with van der Waals surface area (Å²) >= 11 is 0. The molecule has 4 rings (SSSR count). The van der Waals surface area contributed by atoms with Gasteiger partial charge in [-0.1, -0.05) is 12.1 Å². The van der Waals surface area contributed by atoms with Crippen LogP contribution in [0.25, 0.3) is 11.0 Å². The molecule has 5 nitrogen and oxygen atoms in total. The Kier molecular flexibility index (Phi) is 3.91. The van der Waals surface area contributed by atoms with E-state index in [1.54, 1.807) is 24.3 Å². The van der Waals surface area contributed by atoms with Crippen LogP contribution >= 0.6 is 0 Å². The molecule has 2 amide bonds. The van der Waals surface area contributed by atoms with Crippen LogP contribution in [0.4, 0.5) is 20.2 Å². The molecule has 1 aromatic heterocycles. The summed E-state index contributed by atoms with van der Waals surface area (Å²) in [6.45, 7) is 0. The third-order valence-electron chi connectivity index (χ3n) is 4.18. The van der Waals surface area contributed by atoms with Crippen molar-refractivity contribution in [3.8, 4) is 0 Å². The first-order chi connectivity index (χ1) is 12.5. The number of anilines is 2. The van der Waals surface area contributed by atoms with Crippen molar-refractivity contribution in [2.75, 3.05) is 10.6 Å². The molecule has 3 aromatic rings. The zero-order valence-electron chi connectivity index (χ0n) is 13.5. The highest BCUT2D eigenvalue weighted by Crippen LogP contribution is 2.35. The Morgan fingerprint density at radius 2 is 1.77 bits per heavy atom. The second-order valence-corrected chi connectivity index (χ2v) is 6.15. The van der Waals surface area contributed by atoms with Crippen molar-refractivity contribution >= 4 is 34.2 Å².